The van der Waals surface area contributed by atoms with Gasteiger partial charge in [-0.15, -0.1) is 0 Å². The molecule has 2 unspecified atom stereocenters. The second-order valence-electron chi connectivity index (χ2n) is 7.24. The first-order chi connectivity index (χ1) is 10.1. The van der Waals surface area contributed by atoms with Gasteiger partial charge in [0.1, 0.15) is 0 Å². The van der Waals surface area contributed by atoms with Gasteiger partial charge in [-0.05, 0) is 45.7 Å². The number of likely N-dealkylation sites (N-methyl/N-ethyl adjacent to an activating group) is 1. The van der Waals surface area contributed by atoms with Gasteiger partial charge in [0.05, 0.1) is 0 Å². The van der Waals surface area contributed by atoms with Crippen LogP contribution in [0.4, 0.5) is 0 Å². The molecule has 4 nitrogen and oxygen atoms in total. The minimum absolute atomic E-state index is 0.238. The molecule has 2 aliphatic carbocycles. The van der Waals surface area contributed by atoms with Crippen LogP contribution in [0.2, 0.25) is 0 Å². The van der Waals surface area contributed by atoms with Gasteiger partial charge in [-0.25, -0.2) is 0 Å². The molecule has 0 bridgehead atoms. The molecule has 4 heteroatoms. The zero-order valence-corrected chi connectivity index (χ0v) is 13.9. The predicted molar refractivity (Wildman–Crippen MR) is 87.1 cm³/mol. The summed E-state index contributed by atoms with van der Waals surface area (Å²) in [5.74, 6) is 0.764. The van der Waals surface area contributed by atoms with E-state index in [2.05, 4.69) is 23.9 Å². The molecule has 0 radical (unpaired) electrons. The summed E-state index contributed by atoms with van der Waals surface area (Å²) in [7, 11) is 4.16. The number of hydrogen-bond acceptors (Lipinski definition) is 3. The van der Waals surface area contributed by atoms with Crippen molar-refractivity contribution in [2.45, 2.75) is 69.9 Å². The van der Waals surface area contributed by atoms with E-state index in [4.69, 9.17) is 5.73 Å². The van der Waals surface area contributed by atoms with Crippen molar-refractivity contribution in [3.8, 4) is 0 Å². The van der Waals surface area contributed by atoms with Crippen LogP contribution in [-0.2, 0) is 4.79 Å². The summed E-state index contributed by atoms with van der Waals surface area (Å²) in [6.07, 6.45) is 10.3. The highest BCUT2D eigenvalue weighted by Gasteiger charge is 2.30. The van der Waals surface area contributed by atoms with Crippen LogP contribution in [0.5, 0.6) is 0 Å². The highest BCUT2D eigenvalue weighted by Crippen LogP contribution is 2.29. The second kappa shape index (κ2) is 8.14. The van der Waals surface area contributed by atoms with Crippen molar-refractivity contribution in [3.05, 3.63) is 0 Å². The summed E-state index contributed by atoms with van der Waals surface area (Å²) >= 11 is 0. The molecule has 1 amide bonds. The van der Waals surface area contributed by atoms with E-state index < -0.39 is 0 Å². The van der Waals surface area contributed by atoms with E-state index in [1.165, 1.54) is 38.5 Å². The van der Waals surface area contributed by atoms with Crippen molar-refractivity contribution in [1.29, 1.82) is 0 Å². The van der Waals surface area contributed by atoms with E-state index in [0.29, 0.717) is 24.3 Å². The van der Waals surface area contributed by atoms with E-state index in [1.807, 2.05) is 0 Å². The summed E-state index contributed by atoms with van der Waals surface area (Å²) < 4.78 is 0. The van der Waals surface area contributed by atoms with Crippen LogP contribution in [0.15, 0.2) is 0 Å². The Balaban J connectivity index is 1.92. The average molecular weight is 295 g/mol. The van der Waals surface area contributed by atoms with Crippen LogP contribution in [0.3, 0.4) is 0 Å². The Bertz CT molecular complexity index is 326. The Labute approximate surface area is 130 Å². The highest BCUT2D eigenvalue weighted by molar-refractivity contribution is 5.77. The predicted octanol–water partition coefficient (Wildman–Crippen LogP) is 2.23. The quantitative estimate of drug-likeness (QED) is 0.817. The van der Waals surface area contributed by atoms with Crippen molar-refractivity contribution in [1.82, 2.24) is 9.80 Å². The smallest absolute Gasteiger partial charge is 0.223 e. The Morgan fingerprint density at radius 2 is 1.62 bits per heavy atom. The van der Waals surface area contributed by atoms with Gasteiger partial charge >= 0.3 is 0 Å². The molecule has 2 rings (SSSR count). The fourth-order valence-electron chi connectivity index (χ4n) is 3.87. The van der Waals surface area contributed by atoms with Crippen molar-refractivity contribution in [3.63, 3.8) is 0 Å². The zero-order valence-electron chi connectivity index (χ0n) is 13.9. The summed E-state index contributed by atoms with van der Waals surface area (Å²) in [5.41, 5.74) is 6.22. The molecule has 0 aliphatic heterocycles. The lowest BCUT2D eigenvalue weighted by Gasteiger charge is -2.34. The highest BCUT2D eigenvalue weighted by atomic mass is 16.2. The molecule has 2 aliphatic rings. The first-order valence-corrected chi connectivity index (χ1v) is 8.77. The van der Waals surface area contributed by atoms with Crippen molar-refractivity contribution in [2.24, 2.45) is 11.7 Å². The Morgan fingerprint density at radius 3 is 2.24 bits per heavy atom. The van der Waals surface area contributed by atoms with Crippen LogP contribution in [0.25, 0.3) is 0 Å². The SMILES string of the molecule is CN(C)CCN(C(=O)CC1CCCCC1N)C1CCCC1. The first-order valence-electron chi connectivity index (χ1n) is 8.77. The number of carbonyl (C=O) groups excluding carboxylic acids is 1. The number of carbonyl (C=O) groups is 1. The molecule has 2 N–H and O–H groups in total. The molecule has 21 heavy (non-hydrogen) atoms. The first kappa shape index (κ1) is 16.8. The second-order valence-corrected chi connectivity index (χ2v) is 7.24. The van der Waals surface area contributed by atoms with Gasteiger partial charge in [0.15, 0.2) is 0 Å². The molecule has 2 saturated carbocycles. The molecule has 0 heterocycles. The normalized spacial score (nSPS) is 27.2. The largest absolute Gasteiger partial charge is 0.338 e. The fraction of sp³-hybridized carbons (Fsp3) is 0.941. The molecule has 2 fully saturated rings. The molecule has 0 saturated heterocycles. The van der Waals surface area contributed by atoms with Gasteiger partial charge in [0.2, 0.25) is 5.91 Å². The molecular weight excluding hydrogens is 262 g/mol. The van der Waals surface area contributed by atoms with E-state index in [1.54, 1.807) is 0 Å². The van der Waals surface area contributed by atoms with Gasteiger partial charge in [-0.3, -0.25) is 4.79 Å². The van der Waals surface area contributed by atoms with E-state index in [9.17, 15) is 4.79 Å². The van der Waals surface area contributed by atoms with Crippen LogP contribution in [0, 0.1) is 5.92 Å². The van der Waals surface area contributed by atoms with Crippen LogP contribution in [-0.4, -0.2) is 55.0 Å². The van der Waals surface area contributed by atoms with Gasteiger partial charge in [0.25, 0.3) is 0 Å². The maximum atomic E-state index is 12.8. The molecule has 0 aromatic carbocycles. The standard InChI is InChI=1S/C17H33N3O/c1-19(2)11-12-20(15-8-4-5-9-15)17(21)13-14-7-3-6-10-16(14)18/h14-16H,3-13,18H2,1-2H3. The maximum Gasteiger partial charge on any atom is 0.223 e. The molecule has 2 atom stereocenters. The molecule has 0 aromatic heterocycles. The van der Waals surface area contributed by atoms with E-state index >= 15 is 0 Å². The Hall–Kier alpha value is -0.610. The van der Waals surface area contributed by atoms with Crippen LogP contribution < -0.4 is 5.73 Å². The molecular formula is C17H33N3O. The lowest BCUT2D eigenvalue weighted by molar-refractivity contribution is -0.135. The van der Waals surface area contributed by atoms with Crippen molar-refractivity contribution >= 4 is 5.91 Å². The molecule has 0 aromatic rings. The van der Waals surface area contributed by atoms with E-state index in [-0.39, 0.29) is 6.04 Å². The summed E-state index contributed by atoms with van der Waals surface area (Å²) in [4.78, 5) is 17.2. The van der Waals surface area contributed by atoms with Gasteiger partial charge in [0, 0.05) is 31.6 Å². The number of hydrogen-bond donors (Lipinski definition) is 1. The summed E-state index contributed by atoms with van der Waals surface area (Å²) in [6, 6.07) is 0.722. The fourth-order valence-corrected chi connectivity index (χ4v) is 3.87. The minimum atomic E-state index is 0.238. The minimum Gasteiger partial charge on any atom is -0.338 e. The Morgan fingerprint density at radius 1 is 1.00 bits per heavy atom. The van der Waals surface area contributed by atoms with Crippen LogP contribution in [0.1, 0.15) is 57.8 Å². The van der Waals surface area contributed by atoms with Gasteiger partial charge in [-0.2, -0.15) is 0 Å². The van der Waals surface area contributed by atoms with Crippen molar-refractivity contribution < 1.29 is 4.79 Å². The monoisotopic (exact) mass is 295 g/mol. The number of amides is 1. The summed E-state index contributed by atoms with van der Waals surface area (Å²) in [5, 5.41) is 0. The average Bonchev–Trinajstić information content (AvgIpc) is 2.95. The zero-order chi connectivity index (χ0) is 15.2. The van der Waals surface area contributed by atoms with Crippen molar-refractivity contribution in [2.75, 3.05) is 27.2 Å². The number of nitrogens with zero attached hydrogens (tertiary/aromatic N) is 2. The number of nitrogens with two attached hydrogens (primary N) is 1. The molecule has 0 spiro atoms. The lowest BCUT2D eigenvalue weighted by atomic mass is 9.82. The van der Waals surface area contributed by atoms with Gasteiger partial charge < -0.3 is 15.5 Å². The Kier molecular flexibility index (Phi) is 6.49. The number of rotatable bonds is 6. The van der Waals surface area contributed by atoms with Gasteiger partial charge in [-0.1, -0.05) is 25.7 Å². The molecule has 122 valence electrons. The lowest BCUT2D eigenvalue weighted by Crippen LogP contribution is -2.45. The maximum absolute atomic E-state index is 12.8. The topological polar surface area (TPSA) is 49.6 Å². The third kappa shape index (κ3) is 4.96. The van der Waals surface area contributed by atoms with E-state index in [0.717, 1.165) is 25.9 Å². The summed E-state index contributed by atoms with van der Waals surface area (Å²) in [6.45, 7) is 1.83. The van der Waals surface area contributed by atoms with Crippen LogP contribution >= 0.6 is 0 Å². The third-order valence-electron chi connectivity index (χ3n) is 5.28. The third-order valence-corrected chi connectivity index (χ3v) is 5.28.